The summed E-state index contributed by atoms with van der Waals surface area (Å²) in [4.78, 5) is 2.50. The molecule has 0 saturated carbocycles. The zero-order valence-corrected chi connectivity index (χ0v) is 13.7. The van der Waals surface area contributed by atoms with Crippen LogP contribution in [0.3, 0.4) is 0 Å². The van der Waals surface area contributed by atoms with Crippen LogP contribution in [0.15, 0.2) is 24.3 Å². The second-order valence-electron chi connectivity index (χ2n) is 5.95. The Morgan fingerprint density at radius 3 is 2.57 bits per heavy atom. The van der Waals surface area contributed by atoms with Gasteiger partial charge in [0, 0.05) is 24.2 Å². The molecule has 1 aliphatic heterocycles. The Morgan fingerprint density at radius 1 is 1.29 bits per heavy atom. The molecule has 0 aliphatic carbocycles. The lowest BCUT2D eigenvalue weighted by molar-refractivity contribution is -0.0232. The fourth-order valence-corrected chi connectivity index (χ4v) is 3.22. The third kappa shape index (κ3) is 3.57. The zero-order chi connectivity index (χ0) is 15.3. The molecule has 4 heteroatoms. The molecule has 0 bridgehead atoms. The number of para-hydroxylation sites is 1. The van der Waals surface area contributed by atoms with Gasteiger partial charge in [0.25, 0.3) is 0 Å². The van der Waals surface area contributed by atoms with Gasteiger partial charge in [-0.3, -0.25) is 4.90 Å². The fourth-order valence-electron chi connectivity index (χ4n) is 3.22. The lowest BCUT2D eigenvalue weighted by Crippen LogP contribution is -2.55. The van der Waals surface area contributed by atoms with Crippen LogP contribution in [-0.4, -0.2) is 50.4 Å². The highest BCUT2D eigenvalue weighted by molar-refractivity contribution is 5.37. The molecule has 0 amide bonds. The largest absolute Gasteiger partial charge is 0.494 e. The monoisotopic (exact) mass is 292 g/mol. The summed E-state index contributed by atoms with van der Waals surface area (Å²) < 4.78 is 11.3. The Morgan fingerprint density at radius 2 is 1.95 bits per heavy atom. The lowest BCUT2D eigenvalue weighted by atomic mass is 9.86. The van der Waals surface area contributed by atoms with E-state index in [4.69, 9.17) is 9.47 Å². The Kier molecular flexibility index (Phi) is 5.62. The van der Waals surface area contributed by atoms with Gasteiger partial charge in [-0.25, -0.2) is 0 Å². The van der Waals surface area contributed by atoms with Crippen LogP contribution in [0.4, 0.5) is 0 Å². The van der Waals surface area contributed by atoms with Crippen molar-refractivity contribution in [1.29, 1.82) is 0 Å². The van der Waals surface area contributed by atoms with Gasteiger partial charge >= 0.3 is 0 Å². The molecule has 1 N–H and O–H groups in total. The third-order valence-corrected chi connectivity index (χ3v) is 4.35. The summed E-state index contributed by atoms with van der Waals surface area (Å²) in [5, 5.41) is 3.49. The molecular formula is C17H28N2O2. The number of morpholine rings is 1. The highest BCUT2D eigenvalue weighted by Gasteiger charge is 2.37. The normalized spacial score (nSPS) is 18.5. The van der Waals surface area contributed by atoms with Crippen molar-refractivity contribution >= 4 is 0 Å². The lowest BCUT2D eigenvalue weighted by Gasteiger charge is -2.46. The number of nitrogens with zero attached hydrogens (tertiary/aromatic N) is 1. The molecule has 1 aliphatic rings. The number of hydrogen-bond donors (Lipinski definition) is 1. The first kappa shape index (κ1) is 16.3. The first-order valence-electron chi connectivity index (χ1n) is 7.83. The van der Waals surface area contributed by atoms with Crippen LogP contribution in [0, 0.1) is 0 Å². The molecular weight excluding hydrogens is 264 g/mol. The first-order chi connectivity index (χ1) is 10.1. The van der Waals surface area contributed by atoms with Gasteiger partial charge in [-0.2, -0.15) is 0 Å². The summed E-state index contributed by atoms with van der Waals surface area (Å²) in [6.07, 6.45) is 0. The number of likely N-dealkylation sites (N-methyl/N-ethyl adjacent to an activating group) is 1. The van der Waals surface area contributed by atoms with Crippen LogP contribution in [0.1, 0.15) is 32.4 Å². The van der Waals surface area contributed by atoms with Crippen molar-refractivity contribution in [3.63, 3.8) is 0 Å². The molecule has 21 heavy (non-hydrogen) atoms. The molecule has 1 fully saturated rings. The fraction of sp³-hybridized carbons (Fsp3) is 0.647. The second kappa shape index (κ2) is 7.25. The van der Waals surface area contributed by atoms with Gasteiger partial charge in [-0.15, -0.1) is 0 Å². The van der Waals surface area contributed by atoms with Gasteiger partial charge in [-0.1, -0.05) is 18.2 Å². The maximum absolute atomic E-state index is 5.82. The average Bonchev–Trinajstić information content (AvgIpc) is 2.51. The number of benzene rings is 1. The minimum absolute atomic E-state index is 0.00820. The summed E-state index contributed by atoms with van der Waals surface area (Å²) >= 11 is 0. The van der Waals surface area contributed by atoms with E-state index in [-0.39, 0.29) is 11.6 Å². The molecule has 1 heterocycles. The summed E-state index contributed by atoms with van der Waals surface area (Å²) in [5.74, 6) is 0.973. The zero-order valence-electron chi connectivity index (χ0n) is 13.7. The Balaban J connectivity index is 2.29. The molecule has 0 spiro atoms. The number of hydrogen-bond acceptors (Lipinski definition) is 4. The molecule has 1 aromatic rings. The van der Waals surface area contributed by atoms with E-state index >= 15 is 0 Å². The van der Waals surface area contributed by atoms with E-state index in [0.29, 0.717) is 6.61 Å². The van der Waals surface area contributed by atoms with Gasteiger partial charge in [-0.05, 0) is 33.9 Å². The highest BCUT2D eigenvalue weighted by atomic mass is 16.5. The minimum Gasteiger partial charge on any atom is -0.494 e. The van der Waals surface area contributed by atoms with Crippen molar-refractivity contribution in [2.45, 2.75) is 32.4 Å². The predicted octanol–water partition coefficient (Wildman–Crippen LogP) is 2.46. The first-order valence-corrected chi connectivity index (χ1v) is 7.83. The van der Waals surface area contributed by atoms with Crippen molar-refractivity contribution in [2.24, 2.45) is 0 Å². The smallest absolute Gasteiger partial charge is 0.124 e. The van der Waals surface area contributed by atoms with Crippen LogP contribution in [0.5, 0.6) is 5.75 Å². The van der Waals surface area contributed by atoms with E-state index < -0.39 is 0 Å². The van der Waals surface area contributed by atoms with Crippen molar-refractivity contribution in [3.05, 3.63) is 29.8 Å². The van der Waals surface area contributed by atoms with Crippen LogP contribution in [-0.2, 0) is 4.74 Å². The molecule has 1 aromatic carbocycles. The van der Waals surface area contributed by atoms with Crippen molar-refractivity contribution in [1.82, 2.24) is 10.2 Å². The topological polar surface area (TPSA) is 33.7 Å². The van der Waals surface area contributed by atoms with Gasteiger partial charge in [0.15, 0.2) is 0 Å². The van der Waals surface area contributed by atoms with Gasteiger partial charge in [0.2, 0.25) is 0 Å². The number of nitrogens with one attached hydrogen (secondary N) is 1. The SMILES string of the molecule is CCOc1ccccc1C(NC)C(C)(C)N1CCOCC1. The molecule has 4 nitrogen and oxygen atoms in total. The van der Waals surface area contributed by atoms with E-state index in [1.54, 1.807) is 0 Å². The van der Waals surface area contributed by atoms with Gasteiger partial charge in [0.1, 0.15) is 5.75 Å². The number of ether oxygens (including phenoxy) is 2. The maximum atomic E-state index is 5.82. The van der Waals surface area contributed by atoms with E-state index in [9.17, 15) is 0 Å². The van der Waals surface area contributed by atoms with E-state index in [0.717, 1.165) is 32.1 Å². The number of rotatable bonds is 6. The van der Waals surface area contributed by atoms with Crippen LogP contribution in [0.2, 0.25) is 0 Å². The van der Waals surface area contributed by atoms with E-state index in [1.165, 1.54) is 5.56 Å². The summed E-state index contributed by atoms with van der Waals surface area (Å²) in [7, 11) is 2.02. The predicted molar refractivity (Wildman–Crippen MR) is 85.9 cm³/mol. The summed E-state index contributed by atoms with van der Waals surface area (Å²) in [5.41, 5.74) is 1.21. The molecule has 0 aromatic heterocycles. The minimum atomic E-state index is -0.00820. The van der Waals surface area contributed by atoms with Crippen molar-refractivity contribution in [2.75, 3.05) is 40.0 Å². The maximum Gasteiger partial charge on any atom is 0.124 e. The molecule has 1 unspecified atom stereocenters. The second-order valence-corrected chi connectivity index (χ2v) is 5.95. The third-order valence-electron chi connectivity index (χ3n) is 4.35. The Hall–Kier alpha value is -1.10. The van der Waals surface area contributed by atoms with Gasteiger partial charge in [0.05, 0.1) is 25.9 Å². The molecule has 0 radical (unpaired) electrons. The van der Waals surface area contributed by atoms with Crippen molar-refractivity contribution < 1.29 is 9.47 Å². The quantitative estimate of drug-likeness (QED) is 0.873. The highest BCUT2D eigenvalue weighted by Crippen LogP contribution is 2.36. The standard InChI is InChI=1S/C17H28N2O2/c1-5-21-15-9-7-6-8-14(15)16(18-4)17(2,3)19-10-12-20-13-11-19/h6-9,16,18H,5,10-13H2,1-4H3. The van der Waals surface area contributed by atoms with Crippen molar-refractivity contribution in [3.8, 4) is 5.75 Å². The van der Waals surface area contributed by atoms with Crippen LogP contribution >= 0.6 is 0 Å². The average molecular weight is 292 g/mol. The van der Waals surface area contributed by atoms with Crippen LogP contribution < -0.4 is 10.1 Å². The molecule has 2 rings (SSSR count). The Bertz CT molecular complexity index is 442. The molecule has 1 saturated heterocycles. The Labute approximate surface area is 128 Å². The molecule has 118 valence electrons. The van der Waals surface area contributed by atoms with E-state index in [2.05, 4.69) is 42.3 Å². The molecule has 1 atom stereocenters. The summed E-state index contributed by atoms with van der Waals surface area (Å²) in [6, 6.07) is 8.53. The van der Waals surface area contributed by atoms with Crippen LogP contribution in [0.25, 0.3) is 0 Å². The summed E-state index contributed by atoms with van der Waals surface area (Å²) in [6.45, 7) is 10.9. The van der Waals surface area contributed by atoms with Gasteiger partial charge < -0.3 is 14.8 Å². The van der Waals surface area contributed by atoms with E-state index in [1.807, 2.05) is 20.0 Å².